The van der Waals surface area contributed by atoms with E-state index in [2.05, 4.69) is 15.9 Å². The van der Waals surface area contributed by atoms with Crippen molar-refractivity contribution in [3.05, 3.63) is 0 Å². The Morgan fingerprint density at radius 3 is 2.64 bits per heavy atom. The van der Waals surface area contributed by atoms with Crippen LogP contribution in [0.15, 0.2) is 0 Å². The molecule has 0 aromatic rings. The minimum atomic E-state index is -0.182. The molecular weight excluding hydrogens is 246 g/mol. The van der Waals surface area contributed by atoms with Crippen LogP contribution in [0.25, 0.3) is 0 Å². The zero-order valence-electron chi connectivity index (χ0n) is 8.72. The van der Waals surface area contributed by atoms with E-state index in [1.807, 2.05) is 0 Å². The van der Waals surface area contributed by atoms with Gasteiger partial charge in [0.2, 0.25) is 0 Å². The van der Waals surface area contributed by atoms with Crippen molar-refractivity contribution in [1.82, 2.24) is 0 Å². The van der Waals surface area contributed by atoms with Gasteiger partial charge in [0.15, 0.2) is 0 Å². The molecule has 4 heteroatoms. The zero-order valence-corrected chi connectivity index (χ0v) is 10.3. The Morgan fingerprint density at radius 2 is 2.07 bits per heavy atom. The van der Waals surface area contributed by atoms with Crippen molar-refractivity contribution in [2.75, 3.05) is 26.2 Å². The van der Waals surface area contributed by atoms with Gasteiger partial charge in [-0.15, -0.1) is 0 Å². The minimum Gasteiger partial charge on any atom is -0.459 e. The summed E-state index contributed by atoms with van der Waals surface area (Å²) in [7, 11) is 0. The summed E-state index contributed by atoms with van der Waals surface area (Å²) in [5.41, 5.74) is 0. The van der Waals surface area contributed by atoms with Crippen molar-refractivity contribution in [1.29, 1.82) is 0 Å². The molecule has 1 atom stereocenters. The largest absolute Gasteiger partial charge is 0.459 e. The number of nitrogens with one attached hydrogen (secondary N) is 1. The summed E-state index contributed by atoms with van der Waals surface area (Å²) < 4.78 is 5.10. The summed E-state index contributed by atoms with van der Waals surface area (Å²) in [4.78, 5) is 12.5. The number of rotatable bonds is 4. The topological polar surface area (TPSA) is 30.7 Å². The molecule has 0 aromatic heterocycles. The Morgan fingerprint density at radius 1 is 1.43 bits per heavy atom. The molecule has 1 unspecified atom stereocenters. The number of ether oxygens (including phenoxy) is 1. The fraction of sp³-hybridized carbons (Fsp3) is 0.900. The maximum atomic E-state index is 11.1. The maximum Gasteiger partial charge on any atom is 0.319 e. The van der Waals surface area contributed by atoms with Crippen LogP contribution in [0.3, 0.4) is 0 Å². The molecule has 1 rings (SSSR count). The maximum absolute atomic E-state index is 11.1. The molecule has 1 heterocycles. The quantitative estimate of drug-likeness (QED) is 0.588. The van der Waals surface area contributed by atoms with Crippen molar-refractivity contribution < 1.29 is 14.4 Å². The van der Waals surface area contributed by atoms with E-state index in [-0.39, 0.29) is 10.8 Å². The van der Waals surface area contributed by atoms with Gasteiger partial charge in [-0.05, 0) is 26.2 Å². The number of carbonyl (C=O) groups is 1. The van der Waals surface area contributed by atoms with Crippen LogP contribution in [0.4, 0.5) is 0 Å². The average Bonchev–Trinajstić information content (AvgIpc) is 2.19. The second-order valence-electron chi connectivity index (χ2n) is 3.84. The lowest BCUT2D eigenvalue weighted by Gasteiger charge is -2.23. The molecule has 0 bridgehead atoms. The van der Waals surface area contributed by atoms with Crippen LogP contribution in [0.5, 0.6) is 0 Å². The van der Waals surface area contributed by atoms with E-state index in [0.29, 0.717) is 6.61 Å². The first kappa shape index (κ1) is 12.0. The van der Waals surface area contributed by atoms with Gasteiger partial charge < -0.3 is 9.64 Å². The van der Waals surface area contributed by atoms with Gasteiger partial charge in [0.05, 0.1) is 13.1 Å². The van der Waals surface area contributed by atoms with Gasteiger partial charge in [-0.2, -0.15) is 0 Å². The normalized spacial score (nSPS) is 20.4. The van der Waals surface area contributed by atoms with Gasteiger partial charge in [-0.3, -0.25) is 4.79 Å². The number of hydrogen-bond acceptors (Lipinski definition) is 2. The van der Waals surface area contributed by atoms with E-state index < -0.39 is 0 Å². The van der Waals surface area contributed by atoms with Crippen molar-refractivity contribution in [3.8, 4) is 0 Å². The first-order valence-corrected chi connectivity index (χ1v) is 6.26. The molecule has 0 saturated carbocycles. The van der Waals surface area contributed by atoms with Crippen molar-refractivity contribution >= 4 is 21.9 Å². The molecule has 1 saturated heterocycles. The Balaban J connectivity index is 2.05. The third kappa shape index (κ3) is 4.42. The highest BCUT2D eigenvalue weighted by molar-refractivity contribution is 9.10. The molecule has 0 aromatic carbocycles. The van der Waals surface area contributed by atoms with Crippen LogP contribution in [-0.2, 0) is 9.53 Å². The number of carbonyl (C=O) groups excluding carboxylic acids is 1. The summed E-state index contributed by atoms with van der Waals surface area (Å²) in [5.74, 6) is -0.151. The van der Waals surface area contributed by atoms with Gasteiger partial charge in [-0.1, -0.05) is 15.9 Å². The zero-order chi connectivity index (χ0) is 10.4. The molecule has 0 amide bonds. The predicted octanol–water partition coefficient (Wildman–Crippen LogP) is 0.382. The molecule has 1 aliphatic heterocycles. The lowest BCUT2D eigenvalue weighted by Crippen LogP contribution is -3.13. The minimum absolute atomic E-state index is 0.151. The number of quaternary nitrogens is 1. The number of halogens is 1. The Kier molecular flexibility index (Phi) is 5.48. The van der Waals surface area contributed by atoms with Gasteiger partial charge in [-0.25, -0.2) is 0 Å². The third-order valence-corrected chi connectivity index (χ3v) is 2.96. The Bertz CT molecular complexity index is 179. The highest BCUT2D eigenvalue weighted by Crippen LogP contribution is 1.99. The molecule has 3 nitrogen and oxygen atoms in total. The third-order valence-electron chi connectivity index (χ3n) is 2.59. The molecular formula is C10H19BrNO2+. The second kappa shape index (κ2) is 6.40. The van der Waals surface area contributed by atoms with E-state index in [9.17, 15) is 4.79 Å². The molecule has 1 N–H and O–H groups in total. The summed E-state index contributed by atoms with van der Waals surface area (Å²) in [6.45, 7) is 5.79. The van der Waals surface area contributed by atoms with Crippen LogP contribution in [0.1, 0.15) is 26.2 Å². The fourth-order valence-corrected chi connectivity index (χ4v) is 1.84. The predicted molar refractivity (Wildman–Crippen MR) is 58.8 cm³/mol. The smallest absolute Gasteiger partial charge is 0.319 e. The summed E-state index contributed by atoms with van der Waals surface area (Å²) in [6, 6.07) is 0. The van der Waals surface area contributed by atoms with Crippen LogP contribution in [-0.4, -0.2) is 37.0 Å². The summed E-state index contributed by atoms with van der Waals surface area (Å²) in [6.07, 6.45) is 4.00. The molecule has 0 aliphatic carbocycles. The SMILES string of the molecule is CC(Br)C(=O)OCC[NH+]1CCCCC1. The fourth-order valence-electron chi connectivity index (χ4n) is 1.71. The molecule has 14 heavy (non-hydrogen) atoms. The second-order valence-corrected chi connectivity index (χ2v) is 5.22. The van der Waals surface area contributed by atoms with E-state index in [1.54, 1.807) is 11.8 Å². The highest BCUT2D eigenvalue weighted by Gasteiger charge is 2.15. The molecule has 0 spiro atoms. The first-order chi connectivity index (χ1) is 6.70. The number of piperidine rings is 1. The first-order valence-electron chi connectivity index (χ1n) is 5.34. The standard InChI is InChI=1S/C10H18BrNO2/c1-9(11)10(13)14-8-7-12-5-3-2-4-6-12/h9H,2-8H2,1H3/p+1. The highest BCUT2D eigenvalue weighted by atomic mass is 79.9. The van der Waals surface area contributed by atoms with E-state index in [1.165, 1.54) is 32.4 Å². The molecule has 82 valence electrons. The Labute approximate surface area is 93.9 Å². The molecule has 1 fully saturated rings. The van der Waals surface area contributed by atoms with Crippen LogP contribution < -0.4 is 4.90 Å². The average molecular weight is 265 g/mol. The van der Waals surface area contributed by atoms with E-state index in [4.69, 9.17) is 4.74 Å². The number of alkyl halides is 1. The van der Waals surface area contributed by atoms with Crippen LogP contribution >= 0.6 is 15.9 Å². The Hall–Kier alpha value is -0.0900. The van der Waals surface area contributed by atoms with E-state index in [0.717, 1.165) is 6.54 Å². The van der Waals surface area contributed by atoms with Crippen LogP contribution in [0.2, 0.25) is 0 Å². The van der Waals surface area contributed by atoms with Gasteiger partial charge in [0.1, 0.15) is 18.0 Å². The van der Waals surface area contributed by atoms with Crippen LogP contribution in [0, 0.1) is 0 Å². The summed E-state index contributed by atoms with van der Waals surface area (Å²) >= 11 is 3.18. The van der Waals surface area contributed by atoms with Crippen molar-refractivity contribution in [3.63, 3.8) is 0 Å². The molecule has 0 radical (unpaired) electrons. The lowest BCUT2D eigenvalue weighted by molar-refractivity contribution is -0.905. The van der Waals surface area contributed by atoms with Crippen molar-refractivity contribution in [2.45, 2.75) is 31.0 Å². The van der Waals surface area contributed by atoms with Gasteiger partial charge in [0.25, 0.3) is 0 Å². The van der Waals surface area contributed by atoms with E-state index >= 15 is 0 Å². The number of esters is 1. The lowest BCUT2D eigenvalue weighted by atomic mass is 10.1. The summed E-state index contributed by atoms with van der Waals surface area (Å²) in [5, 5.41) is 0. The van der Waals surface area contributed by atoms with Gasteiger partial charge >= 0.3 is 5.97 Å². The van der Waals surface area contributed by atoms with Gasteiger partial charge in [0, 0.05) is 0 Å². The monoisotopic (exact) mass is 264 g/mol. The number of hydrogen-bond donors (Lipinski definition) is 1. The number of likely N-dealkylation sites (tertiary alicyclic amines) is 1. The molecule has 1 aliphatic rings. The van der Waals surface area contributed by atoms with Crippen molar-refractivity contribution in [2.24, 2.45) is 0 Å².